The predicted molar refractivity (Wildman–Crippen MR) is 91.4 cm³/mol. The van der Waals surface area contributed by atoms with Gasteiger partial charge < -0.3 is 9.84 Å². The van der Waals surface area contributed by atoms with Gasteiger partial charge in [0.25, 0.3) is 0 Å². The van der Waals surface area contributed by atoms with Crippen LogP contribution in [0.4, 0.5) is 0 Å². The third kappa shape index (κ3) is 1.69. The van der Waals surface area contributed by atoms with Crippen molar-refractivity contribution < 1.29 is 14.6 Å². The number of carbonyl (C=O) groups is 1. The summed E-state index contributed by atoms with van der Waals surface area (Å²) >= 11 is 0. The van der Waals surface area contributed by atoms with Gasteiger partial charge in [-0.15, -0.1) is 0 Å². The molecule has 0 bridgehead atoms. The number of aliphatic hydroxyl groups is 1. The molecule has 9 atom stereocenters. The minimum absolute atomic E-state index is 0.0157. The number of fused-ring (bicyclic) bond motifs is 4. The molecule has 0 radical (unpaired) electrons. The molecule has 1 heterocycles. The van der Waals surface area contributed by atoms with Gasteiger partial charge in [0.15, 0.2) is 0 Å². The Balaban J connectivity index is 1.49. The van der Waals surface area contributed by atoms with Gasteiger partial charge in [-0.1, -0.05) is 13.8 Å². The van der Waals surface area contributed by atoms with E-state index in [-0.39, 0.29) is 28.5 Å². The van der Waals surface area contributed by atoms with Crippen molar-refractivity contribution in [3.63, 3.8) is 0 Å². The summed E-state index contributed by atoms with van der Waals surface area (Å²) in [6, 6.07) is 0. The molecule has 4 aliphatic carbocycles. The molecule has 0 amide bonds. The second kappa shape index (κ2) is 4.65. The number of hydrogen-bond acceptors (Lipinski definition) is 3. The molecule has 134 valence electrons. The van der Waals surface area contributed by atoms with E-state index < -0.39 is 0 Å². The lowest BCUT2D eigenvalue weighted by atomic mass is 9.44. The van der Waals surface area contributed by atoms with E-state index in [1.807, 2.05) is 6.92 Å². The molecule has 24 heavy (non-hydrogen) atoms. The summed E-state index contributed by atoms with van der Waals surface area (Å²) in [4.78, 5) is 12.2. The van der Waals surface area contributed by atoms with E-state index in [9.17, 15) is 9.90 Å². The molecule has 1 aliphatic heterocycles. The molecular weight excluding hydrogens is 300 g/mol. The average molecular weight is 332 g/mol. The number of rotatable bonds is 1. The zero-order valence-corrected chi connectivity index (χ0v) is 15.4. The number of ether oxygens (including phenoxy) is 1. The molecule has 0 aromatic heterocycles. The normalized spacial score (nSPS) is 61.3. The molecule has 1 spiro atoms. The summed E-state index contributed by atoms with van der Waals surface area (Å²) in [6.45, 7) is 6.69. The van der Waals surface area contributed by atoms with E-state index in [1.54, 1.807) is 0 Å². The standard InChI is InChI=1S/C21H32O3/c1-12(22)15-4-5-16-14-10-18-21(24-18)11-13(23)6-9-20(21,3)17(14)7-8-19(15,16)2/h13-18,23H,4-11H2,1-3H3/t13-,14-,15+,16-,17-,18+,19+,20+,21+/m0/s1. The first-order valence-corrected chi connectivity index (χ1v) is 10.2. The molecule has 1 saturated heterocycles. The number of carbonyl (C=O) groups excluding carboxylic acids is 1. The van der Waals surface area contributed by atoms with Crippen molar-refractivity contribution >= 4 is 5.78 Å². The van der Waals surface area contributed by atoms with E-state index in [2.05, 4.69) is 13.8 Å². The van der Waals surface area contributed by atoms with E-state index in [1.165, 1.54) is 25.7 Å². The Morgan fingerprint density at radius 2 is 1.88 bits per heavy atom. The summed E-state index contributed by atoms with van der Waals surface area (Å²) in [7, 11) is 0. The summed E-state index contributed by atoms with van der Waals surface area (Å²) in [6.07, 6.45) is 9.10. The molecular formula is C21H32O3. The van der Waals surface area contributed by atoms with Gasteiger partial charge in [-0.2, -0.15) is 0 Å². The largest absolute Gasteiger partial charge is 0.393 e. The number of Topliss-reactive ketones (excluding diaryl/α,β-unsaturated/α-hetero) is 1. The Hall–Kier alpha value is -0.410. The fraction of sp³-hybridized carbons (Fsp3) is 0.952. The summed E-state index contributed by atoms with van der Waals surface area (Å²) in [5, 5.41) is 10.2. The Morgan fingerprint density at radius 3 is 2.62 bits per heavy atom. The van der Waals surface area contributed by atoms with Crippen molar-refractivity contribution in [2.45, 2.75) is 89.9 Å². The van der Waals surface area contributed by atoms with Gasteiger partial charge in [0.2, 0.25) is 0 Å². The molecule has 3 nitrogen and oxygen atoms in total. The van der Waals surface area contributed by atoms with Crippen LogP contribution in [0.1, 0.15) is 72.1 Å². The van der Waals surface area contributed by atoms with Crippen LogP contribution in [0.5, 0.6) is 0 Å². The number of epoxide rings is 1. The van der Waals surface area contributed by atoms with Crippen molar-refractivity contribution in [1.29, 1.82) is 0 Å². The predicted octanol–water partition coefficient (Wildman–Crippen LogP) is 3.73. The molecule has 5 aliphatic rings. The van der Waals surface area contributed by atoms with Gasteiger partial charge in [0.05, 0.1) is 12.2 Å². The van der Waals surface area contributed by atoms with Crippen molar-refractivity contribution in [3.8, 4) is 0 Å². The van der Waals surface area contributed by atoms with Crippen LogP contribution in [0.15, 0.2) is 0 Å². The first-order chi connectivity index (χ1) is 11.3. The lowest BCUT2D eigenvalue weighted by Gasteiger charge is -2.59. The van der Waals surface area contributed by atoms with Crippen LogP contribution in [0.2, 0.25) is 0 Å². The lowest BCUT2D eigenvalue weighted by molar-refractivity contribution is -0.133. The van der Waals surface area contributed by atoms with E-state index >= 15 is 0 Å². The summed E-state index contributed by atoms with van der Waals surface area (Å²) in [5.74, 6) is 2.87. The first kappa shape index (κ1) is 15.8. The zero-order chi connectivity index (χ0) is 16.9. The smallest absolute Gasteiger partial charge is 0.133 e. The molecule has 3 heteroatoms. The molecule has 5 rings (SSSR count). The van der Waals surface area contributed by atoms with E-state index in [0.717, 1.165) is 37.5 Å². The molecule has 4 saturated carbocycles. The number of ketones is 1. The van der Waals surface area contributed by atoms with Crippen LogP contribution in [0.3, 0.4) is 0 Å². The van der Waals surface area contributed by atoms with Crippen LogP contribution in [-0.4, -0.2) is 28.7 Å². The third-order valence-electron chi connectivity index (χ3n) is 9.55. The third-order valence-corrected chi connectivity index (χ3v) is 9.55. The highest BCUT2D eigenvalue weighted by Gasteiger charge is 2.76. The van der Waals surface area contributed by atoms with Crippen molar-refractivity contribution in [2.75, 3.05) is 0 Å². The van der Waals surface area contributed by atoms with Gasteiger partial charge >= 0.3 is 0 Å². The quantitative estimate of drug-likeness (QED) is 0.745. The molecule has 5 fully saturated rings. The topological polar surface area (TPSA) is 49.8 Å². The first-order valence-electron chi connectivity index (χ1n) is 10.2. The van der Waals surface area contributed by atoms with Crippen molar-refractivity contribution in [2.24, 2.45) is 34.5 Å². The molecule has 0 aromatic rings. The lowest BCUT2D eigenvalue weighted by Crippen LogP contribution is -2.58. The van der Waals surface area contributed by atoms with Crippen molar-refractivity contribution in [3.05, 3.63) is 0 Å². The van der Waals surface area contributed by atoms with E-state index in [4.69, 9.17) is 4.74 Å². The zero-order valence-electron chi connectivity index (χ0n) is 15.4. The van der Waals surface area contributed by atoms with Crippen molar-refractivity contribution in [1.82, 2.24) is 0 Å². The van der Waals surface area contributed by atoms with Gasteiger partial charge in [-0.3, -0.25) is 4.79 Å². The Kier molecular flexibility index (Phi) is 3.06. The monoisotopic (exact) mass is 332 g/mol. The summed E-state index contributed by atoms with van der Waals surface area (Å²) < 4.78 is 6.36. The van der Waals surface area contributed by atoms with Gasteiger partial charge in [0.1, 0.15) is 11.4 Å². The van der Waals surface area contributed by atoms with Crippen LogP contribution >= 0.6 is 0 Å². The SMILES string of the molecule is CC(=O)[C@H]1CC[C@H]2[C@@H]3C[C@H]4O[C@]45C[C@@H](O)CC[C@]5(C)[C@H]3CC[C@]12C. The second-order valence-corrected chi connectivity index (χ2v) is 10.2. The fourth-order valence-electron chi connectivity index (χ4n) is 8.33. The Labute approximate surface area is 145 Å². The van der Waals surface area contributed by atoms with Gasteiger partial charge in [-0.05, 0) is 75.0 Å². The fourth-order valence-corrected chi connectivity index (χ4v) is 8.33. The van der Waals surface area contributed by atoms with Crippen LogP contribution < -0.4 is 0 Å². The minimum Gasteiger partial charge on any atom is -0.393 e. The maximum Gasteiger partial charge on any atom is 0.133 e. The average Bonchev–Trinajstić information content (AvgIpc) is 3.08. The molecule has 0 aromatic carbocycles. The highest BCUT2D eigenvalue weighted by molar-refractivity contribution is 5.79. The molecule has 0 unspecified atom stereocenters. The number of aliphatic hydroxyl groups excluding tert-OH is 1. The van der Waals surface area contributed by atoms with Gasteiger partial charge in [-0.25, -0.2) is 0 Å². The highest BCUT2D eigenvalue weighted by atomic mass is 16.6. The second-order valence-electron chi connectivity index (χ2n) is 10.2. The molecule has 1 N–H and O–H groups in total. The van der Waals surface area contributed by atoms with Crippen LogP contribution in [0, 0.1) is 34.5 Å². The van der Waals surface area contributed by atoms with Crippen LogP contribution in [0.25, 0.3) is 0 Å². The maximum absolute atomic E-state index is 12.2. The number of hydrogen-bond donors (Lipinski definition) is 1. The van der Waals surface area contributed by atoms with Gasteiger partial charge in [0, 0.05) is 17.8 Å². The Morgan fingerprint density at radius 1 is 1.08 bits per heavy atom. The Bertz CT molecular complexity index is 588. The van der Waals surface area contributed by atoms with Crippen LogP contribution in [-0.2, 0) is 9.53 Å². The van der Waals surface area contributed by atoms with E-state index in [0.29, 0.717) is 17.8 Å². The highest BCUT2D eigenvalue weighted by Crippen LogP contribution is 2.73. The summed E-state index contributed by atoms with van der Waals surface area (Å²) in [5.41, 5.74) is 0.458. The minimum atomic E-state index is -0.165. The maximum atomic E-state index is 12.2.